The number of hydrogen-bond acceptors (Lipinski definition) is 2. The molecule has 0 aliphatic carbocycles. The third kappa shape index (κ3) is 2.68. The molecule has 94 valence electrons. The molecule has 2 aromatic rings. The van der Waals surface area contributed by atoms with Crippen molar-refractivity contribution in [1.29, 1.82) is 0 Å². The third-order valence-electron chi connectivity index (χ3n) is 2.95. The third-order valence-corrected chi connectivity index (χ3v) is 3.37. The normalized spacial score (nSPS) is 12.4. The molecule has 0 aliphatic rings. The van der Waals surface area contributed by atoms with Gasteiger partial charge in [-0.2, -0.15) is 0 Å². The average Bonchev–Trinajstić information content (AvgIpc) is 2.35. The van der Waals surface area contributed by atoms with E-state index in [0.717, 1.165) is 11.1 Å². The maximum absolute atomic E-state index is 13.3. The van der Waals surface area contributed by atoms with Crippen LogP contribution in [0.5, 0.6) is 0 Å². The van der Waals surface area contributed by atoms with Crippen LogP contribution in [-0.4, -0.2) is 4.98 Å². The Bertz CT molecular complexity index is 557. The molecule has 1 aromatic carbocycles. The number of hydrogen-bond donors (Lipinski definition) is 1. The van der Waals surface area contributed by atoms with Crippen molar-refractivity contribution in [1.82, 2.24) is 4.98 Å². The van der Waals surface area contributed by atoms with E-state index in [4.69, 9.17) is 17.3 Å². The second-order valence-corrected chi connectivity index (χ2v) is 4.63. The van der Waals surface area contributed by atoms with Crippen molar-refractivity contribution in [3.05, 3.63) is 64.2 Å². The molecule has 0 fully saturated rings. The van der Waals surface area contributed by atoms with Crippen molar-refractivity contribution in [2.75, 3.05) is 0 Å². The first-order valence-corrected chi connectivity index (χ1v) is 6.06. The molecule has 2 N–H and O–H groups in total. The van der Waals surface area contributed by atoms with Gasteiger partial charge in [-0.1, -0.05) is 23.7 Å². The lowest BCUT2D eigenvalue weighted by atomic mass is 9.98. The highest BCUT2D eigenvalue weighted by Gasteiger charge is 2.13. The molecule has 0 amide bonds. The summed E-state index contributed by atoms with van der Waals surface area (Å²) in [4.78, 5) is 4.06. The van der Waals surface area contributed by atoms with Crippen molar-refractivity contribution in [2.45, 2.75) is 19.4 Å². The van der Waals surface area contributed by atoms with E-state index in [2.05, 4.69) is 4.98 Å². The van der Waals surface area contributed by atoms with Gasteiger partial charge in [0.15, 0.2) is 0 Å². The van der Waals surface area contributed by atoms with Gasteiger partial charge in [0.05, 0.1) is 5.02 Å². The van der Waals surface area contributed by atoms with E-state index >= 15 is 0 Å². The summed E-state index contributed by atoms with van der Waals surface area (Å²) in [5.41, 5.74) is 8.87. The molecule has 1 unspecified atom stereocenters. The summed E-state index contributed by atoms with van der Waals surface area (Å²) >= 11 is 5.92. The van der Waals surface area contributed by atoms with Gasteiger partial charge in [0.1, 0.15) is 5.82 Å². The minimum atomic E-state index is -0.413. The Labute approximate surface area is 111 Å². The molecule has 1 heterocycles. The molecule has 0 saturated carbocycles. The number of rotatable bonds is 3. The van der Waals surface area contributed by atoms with E-state index in [1.54, 1.807) is 24.5 Å². The zero-order chi connectivity index (χ0) is 13.1. The van der Waals surface area contributed by atoms with Crippen LogP contribution in [-0.2, 0) is 6.42 Å². The Morgan fingerprint density at radius 3 is 2.89 bits per heavy atom. The van der Waals surface area contributed by atoms with Gasteiger partial charge >= 0.3 is 0 Å². The Kier molecular flexibility index (Phi) is 3.94. The second kappa shape index (κ2) is 5.46. The summed E-state index contributed by atoms with van der Waals surface area (Å²) in [6.07, 6.45) is 3.96. The van der Waals surface area contributed by atoms with Crippen LogP contribution >= 0.6 is 11.6 Å². The van der Waals surface area contributed by atoms with E-state index in [-0.39, 0.29) is 11.1 Å². The molecule has 2 rings (SSSR count). The van der Waals surface area contributed by atoms with Crippen LogP contribution in [0.15, 0.2) is 36.7 Å². The summed E-state index contributed by atoms with van der Waals surface area (Å²) in [5, 5.41) is 0.148. The molecule has 0 aliphatic heterocycles. The Morgan fingerprint density at radius 1 is 1.39 bits per heavy atom. The number of aromatic nitrogens is 1. The van der Waals surface area contributed by atoms with Crippen LogP contribution < -0.4 is 5.73 Å². The van der Waals surface area contributed by atoms with Crippen LogP contribution in [0, 0.1) is 12.7 Å². The lowest BCUT2D eigenvalue weighted by Gasteiger charge is -2.15. The average molecular weight is 265 g/mol. The van der Waals surface area contributed by atoms with E-state index in [1.165, 1.54) is 6.07 Å². The Morgan fingerprint density at radius 2 is 2.17 bits per heavy atom. The zero-order valence-electron chi connectivity index (χ0n) is 10.0. The van der Waals surface area contributed by atoms with Crippen LogP contribution in [0.1, 0.15) is 22.7 Å². The highest BCUT2D eigenvalue weighted by molar-refractivity contribution is 6.31. The molecule has 1 aromatic heterocycles. The van der Waals surface area contributed by atoms with Crippen molar-refractivity contribution < 1.29 is 4.39 Å². The van der Waals surface area contributed by atoms with Crippen molar-refractivity contribution in [2.24, 2.45) is 5.73 Å². The van der Waals surface area contributed by atoms with Gasteiger partial charge in [0, 0.05) is 18.4 Å². The van der Waals surface area contributed by atoms with Gasteiger partial charge in [0.2, 0.25) is 0 Å². The topological polar surface area (TPSA) is 38.9 Å². The van der Waals surface area contributed by atoms with Gasteiger partial charge in [-0.25, -0.2) is 4.39 Å². The lowest BCUT2D eigenvalue weighted by molar-refractivity contribution is 0.622. The van der Waals surface area contributed by atoms with Crippen LogP contribution in [0.3, 0.4) is 0 Å². The minimum Gasteiger partial charge on any atom is -0.324 e. The molecule has 0 spiro atoms. The van der Waals surface area contributed by atoms with Gasteiger partial charge in [-0.3, -0.25) is 4.98 Å². The van der Waals surface area contributed by atoms with E-state index in [0.29, 0.717) is 12.0 Å². The van der Waals surface area contributed by atoms with Crippen molar-refractivity contribution in [3.8, 4) is 0 Å². The molecule has 4 heteroatoms. The van der Waals surface area contributed by atoms with E-state index in [9.17, 15) is 4.39 Å². The van der Waals surface area contributed by atoms with Crippen molar-refractivity contribution in [3.63, 3.8) is 0 Å². The quantitative estimate of drug-likeness (QED) is 0.923. The summed E-state index contributed by atoms with van der Waals surface area (Å²) in [5.74, 6) is -0.413. The molecule has 0 saturated heterocycles. The fraction of sp³-hybridized carbons (Fsp3) is 0.214. The van der Waals surface area contributed by atoms with Gasteiger partial charge in [-0.05, 0) is 42.2 Å². The molecular formula is C14H14ClFN2. The van der Waals surface area contributed by atoms with Gasteiger partial charge < -0.3 is 5.73 Å². The van der Waals surface area contributed by atoms with Gasteiger partial charge in [0.25, 0.3) is 0 Å². The summed E-state index contributed by atoms with van der Waals surface area (Å²) < 4.78 is 13.3. The largest absolute Gasteiger partial charge is 0.324 e. The number of benzene rings is 1. The molecular weight excluding hydrogens is 251 g/mol. The van der Waals surface area contributed by atoms with Crippen LogP contribution in [0.2, 0.25) is 5.02 Å². The molecule has 0 radical (unpaired) electrons. The smallest absolute Gasteiger partial charge is 0.142 e. The number of nitrogens with zero attached hydrogens (tertiary/aromatic N) is 1. The zero-order valence-corrected chi connectivity index (χ0v) is 10.8. The molecule has 18 heavy (non-hydrogen) atoms. The van der Waals surface area contributed by atoms with Gasteiger partial charge in [-0.15, -0.1) is 0 Å². The first-order chi connectivity index (χ1) is 8.59. The maximum atomic E-state index is 13.3. The highest BCUT2D eigenvalue weighted by atomic mass is 35.5. The summed E-state index contributed by atoms with van der Waals surface area (Å²) in [6, 6.07) is 6.43. The monoisotopic (exact) mass is 264 g/mol. The van der Waals surface area contributed by atoms with E-state index in [1.807, 2.05) is 13.0 Å². The molecule has 0 bridgehead atoms. The molecule has 2 nitrogen and oxygen atoms in total. The second-order valence-electron chi connectivity index (χ2n) is 4.26. The Balaban J connectivity index is 2.24. The molecule has 1 atom stereocenters. The SMILES string of the molecule is Cc1ccncc1C(N)Cc1cccc(F)c1Cl. The van der Waals surface area contributed by atoms with E-state index < -0.39 is 5.82 Å². The lowest BCUT2D eigenvalue weighted by Crippen LogP contribution is -2.15. The Hall–Kier alpha value is -1.45. The van der Waals surface area contributed by atoms with Crippen molar-refractivity contribution >= 4 is 11.6 Å². The standard InChI is InChI=1S/C14H14ClFN2/c1-9-5-6-18-8-11(9)13(17)7-10-3-2-4-12(16)14(10)15/h2-6,8,13H,7,17H2,1H3. The predicted octanol–water partition coefficient (Wildman–Crippen LogP) is 3.43. The summed E-state index contributed by atoms with van der Waals surface area (Å²) in [7, 11) is 0. The number of halogens is 2. The number of aryl methyl sites for hydroxylation is 1. The first-order valence-electron chi connectivity index (χ1n) is 5.68. The fourth-order valence-electron chi connectivity index (χ4n) is 1.92. The van der Waals surface area contributed by atoms with Crippen LogP contribution in [0.4, 0.5) is 4.39 Å². The number of pyridine rings is 1. The number of nitrogens with two attached hydrogens (primary N) is 1. The summed E-state index contributed by atoms with van der Waals surface area (Å²) in [6.45, 7) is 1.98. The fourth-order valence-corrected chi connectivity index (χ4v) is 2.12. The minimum absolute atomic E-state index is 0.148. The first kappa shape index (κ1) is 13.0. The highest BCUT2D eigenvalue weighted by Crippen LogP contribution is 2.25. The predicted molar refractivity (Wildman–Crippen MR) is 71.0 cm³/mol. The van der Waals surface area contributed by atoms with Crippen LogP contribution in [0.25, 0.3) is 0 Å². The maximum Gasteiger partial charge on any atom is 0.142 e.